The van der Waals surface area contributed by atoms with E-state index in [-0.39, 0.29) is 5.56 Å². The van der Waals surface area contributed by atoms with E-state index >= 15 is 0 Å². The Morgan fingerprint density at radius 1 is 0.975 bits per heavy atom. The molecule has 11 nitrogen and oxygen atoms in total. The van der Waals surface area contributed by atoms with Crippen molar-refractivity contribution in [2.75, 3.05) is 50.6 Å². The molecule has 0 spiro atoms. The first-order valence-corrected chi connectivity index (χ1v) is 13.4. The first kappa shape index (κ1) is 27.3. The van der Waals surface area contributed by atoms with E-state index < -0.39 is 5.69 Å². The van der Waals surface area contributed by atoms with Crippen LogP contribution in [0.4, 0.5) is 11.6 Å². The molecule has 0 atom stereocenters. The Bertz CT molecular complexity index is 1680. The largest absolute Gasteiger partial charge is 0.497 e. The molecule has 12 heteroatoms. The van der Waals surface area contributed by atoms with E-state index in [0.29, 0.717) is 66.4 Å². The molecule has 1 fully saturated rings. The summed E-state index contributed by atoms with van der Waals surface area (Å²) in [6, 6.07) is 13.7. The van der Waals surface area contributed by atoms with Crippen LogP contribution < -0.4 is 30.9 Å². The number of methoxy groups -OCH3 is 2. The molecule has 0 unspecified atom stereocenters. The third-order valence-electron chi connectivity index (χ3n) is 7.29. The molecule has 1 aliphatic rings. The lowest BCUT2D eigenvalue weighted by atomic mass is 10.1. The van der Waals surface area contributed by atoms with Crippen LogP contribution in [0.2, 0.25) is 0 Å². The Kier molecular flexibility index (Phi) is 7.53. The third-order valence-corrected chi connectivity index (χ3v) is 7.65. The molecule has 4 aromatic rings. The van der Waals surface area contributed by atoms with Gasteiger partial charge in [0, 0.05) is 46.3 Å². The number of thiocarbonyl (C=S) groups is 1. The fourth-order valence-electron chi connectivity index (χ4n) is 4.92. The fraction of sp³-hybridized carbons (Fsp3) is 0.357. The predicted octanol–water partition coefficient (Wildman–Crippen LogP) is 2.33. The Labute approximate surface area is 237 Å². The van der Waals surface area contributed by atoms with Gasteiger partial charge in [-0.15, -0.1) is 0 Å². The number of anilines is 2. The number of ether oxygens (including phenoxy) is 2. The van der Waals surface area contributed by atoms with Gasteiger partial charge in [-0.05, 0) is 36.8 Å². The molecule has 1 saturated heterocycles. The van der Waals surface area contributed by atoms with E-state index in [2.05, 4.69) is 15.1 Å². The minimum absolute atomic E-state index is 0.361. The highest BCUT2D eigenvalue weighted by molar-refractivity contribution is 7.80. The Morgan fingerprint density at radius 2 is 1.68 bits per heavy atom. The van der Waals surface area contributed by atoms with E-state index in [4.69, 9.17) is 26.7 Å². The van der Waals surface area contributed by atoms with Crippen molar-refractivity contribution in [3.05, 3.63) is 74.4 Å². The number of benzene rings is 2. The van der Waals surface area contributed by atoms with Crippen LogP contribution in [0.15, 0.2) is 52.1 Å². The topological polar surface area (TPSA) is 98.8 Å². The van der Waals surface area contributed by atoms with Crippen molar-refractivity contribution < 1.29 is 9.47 Å². The highest BCUT2D eigenvalue weighted by Gasteiger charge is 2.27. The Hall–Kier alpha value is -4.32. The van der Waals surface area contributed by atoms with Gasteiger partial charge in [-0.25, -0.2) is 4.79 Å². The Balaban J connectivity index is 1.42. The maximum atomic E-state index is 13.3. The number of hydrogen-bond donors (Lipinski definition) is 1. The van der Waals surface area contributed by atoms with Crippen molar-refractivity contribution in [1.29, 1.82) is 0 Å². The number of nitrogens with zero attached hydrogens (tertiary/aromatic N) is 6. The second-order valence-electron chi connectivity index (χ2n) is 9.83. The van der Waals surface area contributed by atoms with E-state index in [9.17, 15) is 9.59 Å². The molecule has 2 aromatic carbocycles. The van der Waals surface area contributed by atoms with E-state index in [1.807, 2.05) is 54.0 Å². The molecule has 2 aromatic heterocycles. The zero-order valence-corrected chi connectivity index (χ0v) is 24.1. The molecule has 0 bridgehead atoms. The lowest BCUT2D eigenvalue weighted by molar-refractivity contribution is 0.385. The highest BCUT2D eigenvalue weighted by atomic mass is 32.1. The van der Waals surface area contributed by atoms with Gasteiger partial charge in [0.05, 0.1) is 26.5 Å². The van der Waals surface area contributed by atoms with E-state index in [1.54, 1.807) is 21.3 Å². The fourth-order valence-corrected chi connectivity index (χ4v) is 5.21. The molecular weight excluding hydrogens is 530 g/mol. The van der Waals surface area contributed by atoms with Gasteiger partial charge in [0.2, 0.25) is 5.95 Å². The number of aryl methyl sites for hydroxylation is 2. The third kappa shape index (κ3) is 5.02. The average molecular weight is 564 g/mol. The number of piperazine rings is 1. The zero-order chi connectivity index (χ0) is 28.6. The van der Waals surface area contributed by atoms with Gasteiger partial charge in [-0.2, -0.15) is 4.98 Å². The van der Waals surface area contributed by atoms with Crippen molar-refractivity contribution in [2.45, 2.75) is 13.5 Å². The normalized spacial score (nSPS) is 13.5. The summed E-state index contributed by atoms with van der Waals surface area (Å²) >= 11 is 5.73. The number of rotatable bonds is 6. The van der Waals surface area contributed by atoms with Crippen molar-refractivity contribution >= 4 is 40.1 Å². The molecule has 210 valence electrons. The minimum atomic E-state index is -0.404. The molecule has 0 amide bonds. The van der Waals surface area contributed by atoms with Crippen LogP contribution in [0, 0.1) is 6.92 Å². The van der Waals surface area contributed by atoms with Crippen LogP contribution in [0.1, 0.15) is 11.1 Å². The summed E-state index contributed by atoms with van der Waals surface area (Å²) in [7, 11) is 6.37. The molecule has 0 aliphatic carbocycles. The maximum Gasteiger partial charge on any atom is 0.332 e. The first-order chi connectivity index (χ1) is 19.2. The number of imidazole rings is 1. The zero-order valence-electron chi connectivity index (χ0n) is 23.3. The number of hydrogen-bond acceptors (Lipinski definition) is 7. The van der Waals surface area contributed by atoms with Crippen molar-refractivity contribution in [1.82, 2.24) is 23.6 Å². The standard InChI is InChI=1S/C28H33N7O4S/c1-18-6-8-19(9-7-18)17-35-23-24(31(2)28(37)32(3)25(23)36)30-26(35)33-12-14-34(15-13-33)27(40)29-21-16-20(38-4)10-11-22(21)39-5/h6-11,16H,12-15,17H2,1-5H3,(H,29,40). The van der Waals surface area contributed by atoms with Gasteiger partial charge in [-0.1, -0.05) is 29.8 Å². The van der Waals surface area contributed by atoms with Crippen LogP contribution in [0.3, 0.4) is 0 Å². The molecule has 5 rings (SSSR count). The minimum Gasteiger partial charge on any atom is -0.497 e. The summed E-state index contributed by atoms with van der Waals surface area (Å²) in [5.74, 6) is 2.02. The summed E-state index contributed by atoms with van der Waals surface area (Å²) in [6.07, 6.45) is 0. The lowest BCUT2D eigenvalue weighted by Crippen LogP contribution is -2.50. The first-order valence-electron chi connectivity index (χ1n) is 13.0. The van der Waals surface area contributed by atoms with Crippen LogP contribution in [0.5, 0.6) is 11.5 Å². The molecule has 3 heterocycles. The van der Waals surface area contributed by atoms with Crippen LogP contribution in [-0.2, 0) is 20.6 Å². The lowest BCUT2D eigenvalue weighted by Gasteiger charge is -2.37. The molecule has 1 N–H and O–H groups in total. The van der Waals surface area contributed by atoms with Gasteiger partial charge < -0.3 is 24.6 Å². The van der Waals surface area contributed by atoms with Gasteiger partial charge in [0.15, 0.2) is 16.3 Å². The van der Waals surface area contributed by atoms with Crippen molar-refractivity contribution in [2.24, 2.45) is 14.1 Å². The van der Waals surface area contributed by atoms with Gasteiger partial charge in [0.25, 0.3) is 5.56 Å². The Morgan fingerprint density at radius 3 is 2.33 bits per heavy atom. The summed E-state index contributed by atoms with van der Waals surface area (Å²) in [6.45, 7) is 5.03. The van der Waals surface area contributed by atoms with Gasteiger partial charge in [-0.3, -0.25) is 18.5 Å². The van der Waals surface area contributed by atoms with Crippen molar-refractivity contribution in [3.63, 3.8) is 0 Å². The monoisotopic (exact) mass is 563 g/mol. The molecule has 1 aliphatic heterocycles. The predicted molar refractivity (Wildman–Crippen MR) is 160 cm³/mol. The summed E-state index contributed by atoms with van der Waals surface area (Å²) < 4.78 is 15.3. The van der Waals surface area contributed by atoms with Crippen LogP contribution >= 0.6 is 12.2 Å². The number of fused-ring (bicyclic) bond motifs is 1. The second kappa shape index (κ2) is 11.0. The molecule has 0 saturated carbocycles. The maximum absolute atomic E-state index is 13.3. The second-order valence-corrected chi connectivity index (χ2v) is 10.2. The quantitative estimate of drug-likeness (QED) is 0.355. The summed E-state index contributed by atoms with van der Waals surface area (Å²) in [4.78, 5) is 35.0. The molecular formula is C28H33N7O4S. The van der Waals surface area contributed by atoms with E-state index in [0.717, 1.165) is 21.4 Å². The average Bonchev–Trinajstić information content (AvgIpc) is 3.35. The summed E-state index contributed by atoms with van der Waals surface area (Å²) in [5.41, 5.74) is 2.94. The van der Waals surface area contributed by atoms with E-state index in [1.165, 1.54) is 11.6 Å². The smallest absolute Gasteiger partial charge is 0.332 e. The van der Waals surface area contributed by atoms with Crippen LogP contribution in [0.25, 0.3) is 11.2 Å². The van der Waals surface area contributed by atoms with Gasteiger partial charge in [0.1, 0.15) is 11.5 Å². The number of aromatic nitrogens is 4. The summed E-state index contributed by atoms with van der Waals surface area (Å²) in [5, 5.41) is 3.87. The molecule has 40 heavy (non-hydrogen) atoms. The van der Waals surface area contributed by atoms with Gasteiger partial charge >= 0.3 is 5.69 Å². The SMILES string of the molecule is COc1ccc(OC)c(NC(=S)N2CCN(c3nc4c(c(=O)n(C)c(=O)n4C)n3Cc3ccc(C)cc3)CC2)c1. The molecule has 0 radical (unpaired) electrons. The highest BCUT2D eigenvalue weighted by Crippen LogP contribution is 2.29. The van der Waals surface area contributed by atoms with Crippen molar-refractivity contribution in [3.8, 4) is 11.5 Å². The van der Waals surface area contributed by atoms with Crippen LogP contribution in [-0.4, -0.2) is 69.1 Å². The number of nitrogens with one attached hydrogen (secondary N) is 1.